The molecule has 0 fully saturated rings. The lowest BCUT2D eigenvalue weighted by Gasteiger charge is -2.18. The van der Waals surface area contributed by atoms with E-state index < -0.39 is 5.91 Å². The number of aryl methyl sites for hydroxylation is 2. The Kier molecular flexibility index (Phi) is 3.80. The van der Waals surface area contributed by atoms with Crippen molar-refractivity contribution in [1.29, 1.82) is 0 Å². The van der Waals surface area contributed by atoms with Gasteiger partial charge < -0.3 is 5.73 Å². The van der Waals surface area contributed by atoms with Gasteiger partial charge >= 0.3 is 0 Å². The predicted molar refractivity (Wildman–Crippen MR) is 98.5 cm³/mol. The number of aromatic nitrogens is 2. The summed E-state index contributed by atoms with van der Waals surface area (Å²) in [7, 11) is 0. The summed E-state index contributed by atoms with van der Waals surface area (Å²) in [5, 5.41) is 4.30. The van der Waals surface area contributed by atoms with E-state index in [1.165, 1.54) is 4.79 Å². The molecule has 0 bridgehead atoms. The molecule has 0 saturated heterocycles. The van der Waals surface area contributed by atoms with Gasteiger partial charge in [0.05, 0.1) is 5.69 Å². The number of fused-ring (bicyclic) bond motifs is 3. The molecule has 2 amide bonds. The highest BCUT2D eigenvalue weighted by molar-refractivity contribution is 6.02. The first-order chi connectivity index (χ1) is 12.6. The van der Waals surface area contributed by atoms with Crippen molar-refractivity contribution in [3.05, 3.63) is 76.5 Å². The molecular weight excluding hydrogens is 328 g/mol. The van der Waals surface area contributed by atoms with E-state index in [4.69, 9.17) is 5.73 Å². The molecular formula is C20H18N4O2. The standard InChI is InChI=1S/C20H18N4O2/c1-12-6-2-4-8-14(12)20(26)23-24-18-15-9-5-3-7-13(15)10-11-16(18)17(22-24)19(21)25/h2-9H,10-11H2,1H3,(H2,21,25)(H,23,26). The largest absolute Gasteiger partial charge is 0.364 e. The van der Waals surface area contributed by atoms with E-state index in [1.54, 1.807) is 6.07 Å². The summed E-state index contributed by atoms with van der Waals surface area (Å²) in [6.07, 6.45) is 1.46. The predicted octanol–water partition coefficient (Wildman–Crippen LogP) is 2.44. The van der Waals surface area contributed by atoms with Crippen LogP contribution in [-0.4, -0.2) is 21.7 Å². The number of nitrogens with zero attached hydrogens (tertiary/aromatic N) is 2. The van der Waals surface area contributed by atoms with Gasteiger partial charge in [-0.05, 0) is 37.0 Å². The number of primary amides is 1. The van der Waals surface area contributed by atoms with Crippen molar-refractivity contribution in [3.8, 4) is 11.3 Å². The fraction of sp³-hybridized carbons (Fsp3) is 0.150. The van der Waals surface area contributed by atoms with Gasteiger partial charge in [-0.1, -0.05) is 42.5 Å². The van der Waals surface area contributed by atoms with Crippen LogP contribution in [0.3, 0.4) is 0 Å². The first kappa shape index (κ1) is 16.1. The minimum absolute atomic E-state index is 0.208. The quantitative estimate of drug-likeness (QED) is 0.763. The van der Waals surface area contributed by atoms with Crippen molar-refractivity contribution in [1.82, 2.24) is 9.89 Å². The first-order valence-electron chi connectivity index (χ1n) is 8.43. The summed E-state index contributed by atoms with van der Waals surface area (Å²) in [6, 6.07) is 15.2. The van der Waals surface area contributed by atoms with Gasteiger partial charge in [-0.3, -0.25) is 9.59 Å². The van der Waals surface area contributed by atoms with Gasteiger partial charge in [-0.15, -0.1) is 5.10 Å². The summed E-state index contributed by atoms with van der Waals surface area (Å²) < 4.78 is 0. The maximum atomic E-state index is 12.7. The highest BCUT2D eigenvalue weighted by atomic mass is 16.2. The minimum Gasteiger partial charge on any atom is -0.364 e. The van der Waals surface area contributed by atoms with Crippen LogP contribution in [0.1, 0.15) is 37.5 Å². The fourth-order valence-corrected chi connectivity index (χ4v) is 3.46. The van der Waals surface area contributed by atoms with Gasteiger partial charge in [-0.25, -0.2) is 5.43 Å². The van der Waals surface area contributed by atoms with Crippen molar-refractivity contribution in [2.45, 2.75) is 19.8 Å². The first-order valence-corrected chi connectivity index (χ1v) is 8.43. The number of hydrogen-bond acceptors (Lipinski definition) is 3. The Morgan fingerprint density at radius 3 is 2.58 bits per heavy atom. The Morgan fingerprint density at radius 1 is 1.08 bits per heavy atom. The third-order valence-corrected chi connectivity index (χ3v) is 4.73. The zero-order valence-electron chi connectivity index (χ0n) is 14.3. The summed E-state index contributed by atoms with van der Waals surface area (Å²) in [5.41, 5.74) is 13.6. The van der Waals surface area contributed by atoms with Crippen molar-refractivity contribution < 1.29 is 9.59 Å². The smallest absolute Gasteiger partial charge is 0.271 e. The minimum atomic E-state index is -0.593. The second-order valence-corrected chi connectivity index (χ2v) is 6.36. The topological polar surface area (TPSA) is 90.0 Å². The Hall–Kier alpha value is -3.41. The number of carbonyl (C=O) groups is 2. The molecule has 130 valence electrons. The Morgan fingerprint density at radius 2 is 1.81 bits per heavy atom. The van der Waals surface area contributed by atoms with Crippen LogP contribution in [0.4, 0.5) is 0 Å². The van der Waals surface area contributed by atoms with E-state index in [0.717, 1.165) is 34.4 Å². The van der Waals surface area contributed by atoms with Gasteiger partial charge in [-0.2, -0.15) is 4.79 Å². The number of rotatable bonds is 3. The Balaban J connectivity index is 1.82. The van der Waals surface area contributed by atoms with Crippen LogP contribution >= 0.6 is 0 Å². The number of hydrogen-bond donors (Lipinski definition) is 2. The fourth-order valence-electron chi connectivity index (χ4n) is 3.46. The van der Waals surface area contributed by atoms with Crippen LogP contribution < -0.4 is 11.2 Å². The average molecular weight is 346 g/mol. The molecule has 1 aliphatic carbocycles. The molecule has 1 heterocycles. The molecule has 3 N–H and O–H groups in total. The van der Waals surface area contributed by atoms with Crippen LogP contribution in [0.15, 0.2) is 48.5 Å². The van der Waals surface area contributed by atoms with Crippen molar-refractivity contribution in [2.24, 2.45) is 5.73 Å². The maximum Gasteiger partial charge on any atom is 0.271 e. The van der Waals surface area contributed by atoms with E-state index in [2.05, 4.69) is 10.5 Å². The number of amides is 2. The van der Waals surface area contributed by atoms with Gasteiger partial charge in [0, 0.05) is 16.7 Å². The van der Waals surface area contributed by atoms with Gasteiger partial charge in [0.25, 0.3) is 11.8 Å². The van der Waals surface area contributed by atoms with Crippen LogP contribution in [0.25, 0.3) is 11.3 Å². The third kappa shape index (κ3) is 2.56. The molecule has 6 nitrogen and oxygen atoms in total. The molecule has 1 aliphatic rings. The molecule has 0 spiro atoms. The Labute approximate surface area is 150 Å². The van der Waals surface area contributed by atoms with Crippen molar-refractivity contribution >= 4 is 11.8 Å². The molecule has 0 unspecified atom stereocenters. The molecule has 4 rings (SSSR count). The highest BCUT2D eigenvalue weighted by Gasteiger charge is 2.28. The molecule has 0 radical (unpaired) electrons. The Bertz CT molecular complexity index is 1040. The zero-order valence-corrected chi connectivity index (χ0v) is 14.3. The van der Waals surface area contributed by atoms with Gasteiger partial charge in [0.1, 0.15) is 0 Å². The molecule has 2 aromatic carbocycles. The molecule has 3 aromatic rings. The molecule has 0 atom stereocenters. The normalized spacial score (nSPS) is 12.2. The second-order valence-electron chi connectivity index (χ2n) is 6.36. The van der Waals surface area contributed by atoms with Crippen molar-refractivity contribution in [2.75, 3.05) is 5.43 Å². The van der Waals surface area contributed by atoms with E-state index >= 15 is 0 Å². The third-order valence-electron chi connectivity index (χ3n) is 4.73. The zero-order chi connectivity index (χ0) is 18.3. The summed E-state index contributed by atoms with van der Waals surface area (Å²) in [4.78, 5) is 26.0. The number of benzene rings is 2. The lowest BCUT2D eigenvalue weighted by Crippen LogP contribution is -2.26. The second kappa shape index (κ2) is 6.15. The summed E-state index contributed by atoms with van der Waals surface area (Å²) in [6.45, 7) is 1.87. The lowest BCUT2D eigenvalue weighted by atomic mass is 9.89. The summed E-state index contributed by atoms with van der Waals surface area (Å²) >= 11 is 0. The van der Waals surface area contributed by atoms with E-state index in [0.29, 0.717) is 12.0 Å². The molecule has 26 heavy (non-hydrogen) atoms. The van der Waals surface area contributed by atoms with Crippen LogP contribution in [0.5, 0.6) is 0 Å². The van der Waals surface area contributed by atoms with Crippen LogP contribution in [0, 0.1) is 6.92 Å². The number of nitrogens with one attached hydrogen (secondary N) is 1. The highest BCUT2D eigenvalue weighted by Crippen LogP contribution is 2.34. The van der Waals surface area contributed by atoms with Crippen molar-refractivity contribution in [3.63, 3.8) is 0 Å². The molecule has 6 heteroatoms. The van der Waals surface area contributed by atoms with E-state index in [-0.39, 0.29) is 11.6 Å². The SMILES string of the molecule is Cc1ccccc1C(=O)Nn1nc(C(N)=O)c2c1-c1ccccc1CC2. The van der Waals surface area contributed by atoms with Gasteiger partial charge in [0.2, 0.25) is 0 Å². The van der Waals surface area contributed by atoms with E-state index in [9.17, 15) is 9.59 Å². The number of carbonyl (C=O) groups excluding carboxylic acids is 2. The lowest BCUT2D eigenvalue weighted by molar-refractivity contribution is 0.0983. The maximum absolute atomic E-state index is 12.7. The monoisotopic (exact) mass is 346 g/mol. The number of nitrogens with two attached hydrogens (primary N) is 1. The van der Waals surface area contributed by atoms with Crippen LogP contribution in [-0.2, 0) is 12.8 Å². The van der Waals surface area contributed by atoms with E-state index in [1.807, 2.05) is 49.4 Å². The average Bonchev–Trinajstić information content (AvgIpc) is 3.01. The summed E-state index contributed by atoms with van der Waals surface area (Å²) in [5.74, 6) is -0.878. The molecule has 1 aromatic heterocycles. The molecule has 0 saturated carbocycles. The van der Waals surface area contributed by atoms with Crippen LogP contribution in [0.2, 0.25) is 0 Å². The molecule has 0 aliphatic heterocycles. The van der Waals surface area contributed by atoms with Gasteiger partial charge in [0.15, 0.2) is 5.69 Å².